The summed E-state index contributed by atoms with van der Waals surface area (Å²) in [5.41, 5.74) is -0.389. The molecule has 258 valence electrons. The van der Waals surface area contributed by atoms with Crippen molar-refractivity contribution in [3.63, 3.8) is 0 Å². The van der Waals surface area contributed by atoms with Crippen LogP contribution in [-0.2, 0) is 9.47 Å². The van der Waals surface area contributed by atoms with Crippen molar-refractivity contribution in [2.75, 3.05) is 56.2 Å². The maximum atomic E-state index is 17.0. The Morgan fingerprint density at radius 3 is 2.40 bits per heavy atom. The Hall–Kier alpha value is -3.89. The lowest BCUT2D eigenvalue weighted by Crippen LogP contribution is -2.50. The number of benzene rings is 3. The van der Waals surface area contributed by atoms with Crippen LogP contribution in [0.4, 0.5) is 21.0 Å². The predicted molar refractivity (Wildman–Crippen MR) is 192 cm³/mol. The van der Waals surface area contributed by atoms with E-state index in [-0.39, 0.29) is 27.9 Å². The molecule has 1 aromatic heterocycles. The van der Waals surface area contributed by atoms with E-state index in [0.717, 1.165) is 17.2 Å². The molecule has 0 spiro atoms. The van der Waals surface area contributed by atoms with Gasteiger partial charge in [0.05, 0.1) is 10.6 Å². The van der Waals surface area contributed by atoms with Crippen LogP contribution in [0.2, 0.25) is 5.02 Å². The predicted octanol–water partition coefficient (Wildman–Crippen LogP) is 8.28. The normalized spacial score (nSPS) is 14.3. The summed E-state index contributed by atoms with van der Waals surface area (Å²) in [5.74, 6) is 0.781. The molecule has 1 N–H and O–H groups in total. The van der Waals surface area contributed by atoms with Gasteiger partial charge < -0.3 is 29.3 Å². The summed E-state index contributed by atoms with van der Waals surface area (Å²) in [7, 11) is 1.87. The number of amides is 1. The van der Waals surface area contributed by atoms with Gasteiger partial charge in [-0.15, -0.1) is 0 Å². The van der Waals surface area contributed by atoms with E-state index in [0.29, 0.717) is 68.0 Å². The highest BCUT2D eigenvalue weighted by atomic mass is 35.5. The van der Waals surface area contributed by atoms with Crippen molar-refractivity contribution in [1.82, 2.24) is 14.9 Å². The van der Waals surface area contributed by atoms with E-state index in [2.05, 4.69) is 13.8 Å². The molecule has 1 fully saturated rings. The van der Waals surface area contributed by atoms with Gasteiger partial charge in [-0.2, -0.15) is 4.98 Å². The van der Waals surface area contributed by atoms with Gasteiger partial charge in [-0.05, 0) is 81.5 Å². The second kappa shape index (κ2) is 13.9. The molecule has 2 heterocycles. The molecule has 1 amide bonds. The number of hydrogen-bond acceptors (Lipinski definition) is 8. The highest BCUT2D eigenvalue weighted by Crippen LogP contribution is 2.42. The minimum Gasteiger partial charge on any atom is -0.508 e. The van der Waals surface area contributed by atoms with Crippen molar-refractivity contribution in [2.24, 2.45) is 5.92 Å². The summed E-state index contributed by atoms with van der Waals surface area (Å²) < 4.78 is 28.8. The molecule has 11 heteroatoms. The topological polar surface area (TPSA) is 91.3 Å². The summed E-state index contributed by atoms with van der Waals surface area (Å²) in [4.78, 5) is 28.2. The van der Waals surface area contributed by atoms with Crippen LogP contribution < -0.4 is 9.80 Å². The van der Waals surface area contributed by atoms with Gasteiger partial charge in [-0.1, -0.05) is 49.7 Å². The van der Waals surface area contributed by atoms with Gasteiger partial charge in [0.25, 0.3) is 0 Å². The van der Waals surface area contributed by atoms with Gasteiger partial charge in [-0.25, -0.2) is 14.2 Å². The van der Waals surface area contributed by atoms with Gasteiger partial charge in [0.2, 0.25) is 5.95 Å². The number of fused-ring (bicyclic) bond motifs is 2. The van der Waals surface area contributed by atoms with Crippen molar-refractivity contribution in [3.05, 3.63) is 53.3 Å². The van der Waals surface area contributed by atoms with Gasteiger partial charge in [-0.3, -0.25) is 0 Å². The second-order valence-corrected chi connectivity index (χ2v) is 15.0. The number of carbonyl (C=O) groups is 1. The standard InChI is InChI=1S/C37H47ClFN5O4/c1-23(2)13-18-47-37(6,7)22-42(8)34-40-32-28(33(41-34)43-14-16-44(17-15-43)35(46)48-36(3,4)5)21-29(38)30(31(32)39)27-20-25(45)19-24-11-9-10-12-26(24)27/h9-12,19-21,23,45H,13-18,22H2,1-8H3. The zero-order chi connectivity index (χ0) is 35.0. The Balaban J connectivity index is 1.59. The molecule has 0 aliphatic carbocycles. The van der Waals surface area contributed by atoms with Crippen LogP contribution >= 0.6 is 11.6 Å². The van der Waals surface area contributed by atoms with Crippen LogP contribution in [-0.4, -0.2) is 83.6 Å². The molecule has 3 aromatic carbocycles. The van der Waals surface area contributed by atoms with Crippen molar-refractivity contribution in [3.8, 4) is 16.9 Å². The quantitative estimate of drug-likeness (QED) is 0.189. The number of aromatic hydroxyl groups is 1. The molecule has 4 aromatic rings. The molecule has 0 bridgehead atoms. The molecule has 1 saturated heterocycles. The molecule has 9 nitrogen and oxygen atoms in total. The average Bonchev–Trinajstić information content (AvgIpc) is 2.99. The zero-order valence-corrected chi connectivity index (χ0v) is 30.0. The van der Waals surface area contributed by atoms with E-state index in [1.54, 1.807) is 17.0 Å². The Morgan fingerprint density at radius 1 is 1.04 bits per heavy atom. The number of hydrogen-bond donors (Lipinski definition) is 1. The number of nitrogens with zero attached hydrogens (tertiary/aromatic N) is 5. The van der Waals surface area contributed by atoms with Crippen LogP contribution in [0.25, 0.3) is 32.8 Å². The minimum atomic E-state index is -0.605. The third-order valence-electron chi connectivity index (χ3n) is 8.35. The number of anilines is 2. The highest BCUT2D eigenvalue weighted by molar-refractivity contribution is 6.35. The molecular formula is C37H47ClFN5O4. The minimum absolute atomic E-state index is 0.00520. The lowest BCUT2D eigenvalue weighted by Gasteiger charge is -2.37. The first-order valence-electron chi connectivity index (χ1n) is 16.5. The van der Waals surface area contributed by atoms with Crippen LogP contribution in [0.15, 0.2) is 42.5 Å². The van der Waals surface area contributed by atoms with Crippen molar-refractivity contribution >= 4 is 51.1 Å². The number of halogens is 2. The number of rotatable bonds is 9. The van der Waals surface area contributed by atoms with E-state index in [9.17, 15) is 9.90 Å². The van der Waals surface area contributed by atoms with Gasteiger partial charge >= 0.3 is 6.09 Å². The number of likely N-dealkylation sites (N-methyl/N-ethyl adjacent to an activating group) is 1. The first-order chi connectivity index (χ1) is 22.5. The molecule has 0 atom stereocenters. The smallest absolute Gasteiger partial charge is 0.410 e. The van der Waals surface area contributed by atoms with Crippen molar-refractivity contribution in [1.29, 1.82) is 0 Å². The summed E-state index contributed by atoms with van der Waals surface area (Å²) in [6.07, 6.45) is 0.573. The number of phenols is 1. The summed E-state index contributed by atoms with van der Waals surface area (Å²) in [6.45, 7) is 16.7. The third-order valence-corrected chi connectivity index (χ3v) is 8.64. The maximum absolute atomic E-state index is 17.0. The molecule has 0 saturated carbocycles. The van der Waals surface area contributed by atoms with Crippen molar-refractivity contribution in [2.45, 2.75) is 66.1 Å². The molecule has 48 heavy (non-hydrogen) atoms. The van der Waals surface area contributed by atoms with Gasteiger partial charge in [0, 0.05) is 57.3 Å². The van der Waals surface area contributed by atoms with E-state index in [4.69, 9.17) is 31.0 Å². The van der Waals surface area contributed by atoms with Gasteiger partial charge in [0.1, 0.15) is 22.7 Å². The molecule has 0 radical (unpaired) electrons. The molecule has 1 aliphatic rings. The first kappa shape index (κ1) is 35.4. The van der Waals surface area contributed by atoms with Crippen LogP contribution in [0.5, 0.6) is 5.75 Å². The second-order valence-electron chi connectivity index (χ2n) is 14.6. The zero-order valence-electron chi connectivity index (χ0n) is 29.2. The van der Waals surface area contributed by atoms with Crippen molar-refractivity contribution < 1.29 is 23.8 Å². The SMILES string of the molecule is CC(C)CCOC(C)(C)CN(C)c1nc(N2CCN(C(=O)OC(C)(C)C)CC2)c2cc(Cl)c(-c3cc(O)cc4ccccc34)c(F)c2n1. The fourth-order valence-electron chi connectivity index (χ4n) is 6.01. The van der Waals surface area contributed by atoms with Crippen LogP contribution in [0.3, 0.4) is 0 Å². The number of aromatic nitrogens is 2. The maximum Gasteiger partial charge on any atom is 0.410 e. The average molecular weight is 680 g/mol. The number of carbonyl (C=O) groups excluding carboxylic acids is 1. The van der Waals surface area contributed by atoms with E-state index < -0.39 is 17.0 Å². The lowest BCUT2D eigenvalue weighted by atomic mass is 9.96. The summed E-state index contributed by atoms with van der Waals surface area (Å²) in [6, 6.07) is 12.3. The Morgan fingerprint density at radius 2 is 1.73 bits per heavy atom. The molecule has 1 aliphatic heterocycles. The summed E-state index contributed by atoms with van der Waals surface area (Å²) in [5, 5.41) is 12.7. The number of piperazine rings is 1. The fourth-order valence-corrected chi connectivity index (χ4v) is 6.31. The molecule has 5 rings (SSSR count). The monoisotopic (exact) mass is 679 g/mol. The molecule has 0 unspecified atom stereocenters. The number of phenolic OH excluding ortho intramolecular Hbond substituents is 1. The van der Waals surface area contributed by atoms with E-state index >= 15 is 4.39 Å². The van der Waals surface area contributed by atoms with E-state index in [1.165, 1.54) is 6.07 Å². The van der Waals surface area contributed by atoms with Crippen LogP contribution in [0, 0.1) is 11.7 Å². The van der Waals surface area contributed by atoms with E-state index in [1.807, 2.05) is 75.7 Å². The fraction of sp³-hybridized carbons (Fsp3) is 0.486. The Kier molecular flexibility index (Phi) is 10.3. The largest absolute Gasteiger partial charge is 0.508 e. The first-order valence-corrected chi connectivity index (χ1v) is 16.9. The Bertz CT molecular complexity index is 1800. The molecular weight excluding hydrogens is 633 g/mol. The van der Waals surface area contributed by atoms with Gasteiger partial charge in [0.15, 0.2) is 5.82 Å². The van der Waals surface area contributed by atoms with Crippen LogP contribution in [0.1, 0.15) is 54.9 Å². The lowest BCUT2D eigenvalue weighted by molar-refractivity contribution is -0.0157. The summed E-state index contributed by atoms with van der Waals surface area (Å²) >= 11 is 6.90. The highest BCUT2D eigenvalue weighted by Gasteiger charge is 2.30. The number of ether oxygens (including phenoxy) is 2. The Labute approximate surface area is 287 Å². The third kappa shape index (κ3) is 8.04.